The van der Waals surface area contributed by atoms with Gasteiger partial charge in [0.1, 0.15) is 6.54 Å². The van der Waals surface area contributed by atoms with Crippen molar-refractivity contribution in [1.82, 2.24) is 10.2 Å². The number of carbonyl (C=O) groups is 1. The van der Waals surface area contributed by atoms with E-state index in [9.17, 15) is 4.79 Å². The Labute approximate surface area is 168 Å². The van der Waals surface area contributed by atoms with Gasteiger partial charge in [0.25, 0.3) is 17.7 Å². The van der Waals surface area contributed by atoms with Crippen molar-refractivity contribution in [3.63, 3.8) is 0 Å². The third kappa shape index (κ3) is 5.25. The second kappa shape index (κ2) is 9.59. The van der Waals surface area contributed by atoms with Gasteiger partial charge in [0, 0.05) is 12.8 Å². The molecule has 0 aliphatic carbocycles. The third-order valence-electron chi connectivity index (χ3n) is 4.55. The molecule has 3 rings (SSSR count). The van der Waals surface area contributed by atoms with Crippen molar-refractivity contribution in [2.45, 2.75) is 20.4 Å². The second-order valence-electron chi connectivity index (χ2n) is 6.62. The largest absolute Gasteiger partial charge is 0.414 e. The molecule has 1 aromatic carbocycles. The van der Waals surface area contributed by atoms with Crippen molar-refractivity contribution in [3.8, 4) is 10.8 Å². The zero-order chi connectivity index (χ0) is 19.9. The van der Waals surface area contributed by atoms with Crippen molar-refractivity contribution in [1.29, 1.82) is 0 Å². The summed E-state index contributed by atoms with van der Waals surface area (Å²) in [4.78, 5) is 14.5. The topological polar surface area (TPSA) is 81.7 Å². The number of anilines is 1. The average Bonchev–Trinajstić information content (AvgIpc) is 3.35. The number of nitrogens with zero attached hydrogens (tertiary/aromatic N) is 2. The lowest BCUT2D eigenvalue weighted by molar-refractivity contribution is -0.907. The summed E-state index contributed by atoms with van der Waals surface area (Å²) in [5, 5.41) is 13.2. The highest BCUT2D eigenvalue weighted by Gasteiger charge is 2.20. The van der Waals surface area contributed by atoms with Crippen LogP contribution in [0, 0.1) is 13.8 Å². The molecule has 2 heterocycles. The highest BCUT2D eigenvalue weighted by molar-refractivity contribution is 7.13. The normalized spacial score (nSPS) is 12.1. The summed E-state index contributed by atoms with van der Waals surface area (Å²) in [6.07, 6.45) is 0. The van der Waals surface area contributed by atoms with Crippen LogP contribution in [-0.4, -0.2) is 42.9 Å². The van der Waals surface area contributed by atoms with Crippen molar-refractivity contribution >= 4 is 22.9 Å². The highest BCUT2D eigenvalue weighted by Crippen LogP contribution is 2.22. The molecule has 2 aromatic heterocycles. The monoisotopic (exact) mass is 401 g/mol. The van der Waals surface area contributed by atoms with E-state index in [2.05, 4.69) is 15.5 Å². The maximum absolute atomic E-state index is 12.6. The molecule has 1 unspecified atom stereocenters. The fourth-order valence-corrected chi connectivity index (χ4v) is 3.48. The SMILES string of the molecule is COCC[NH+](CC(=O)Nc1cccc(C)c1C)Cc1nnc(-c2cccs2)o1. The van der Waals surface area contributed by atoms with Crippen molar-refractivity contribution < 1.29 is 18.8 Å². The van der Waals surface area contributed by atoms with Crippen LogP contribution in [0.25, 0.3) is 10.8 Å². The lowest BCUT2D eigenvalue weighted by Crippen LogP contribution is -3.12. The van der Waals surface area contributed by atoms with Crippen LogP contribution in [0.15, 0.2) is 40.1 Å². The van der Waals surface area contributed by atoms with Gasteiger partial charge >= 0.3 is 0 Å². The van der Waals surface area contributed by atoms with E-state index in [0.29, 0.717) is 31.5 Å². The maximum atomic E-state index is 12.6. The van der Waals surface area contributed by atoms with Gasteiger partial charge in [-0.1, -0.05) is 18.2 Å². The van der Waals surface area contributed by atoms with E-state index in [1.807, 2.05) is 49.6 Å². The first-order valence-electron chi connectivity index (χ1n) is 9.11. The number of hydrogen-bond acceptors (Lipinski definition) is 6. The molecular formula is C20H25N4O3S+. The molecule has 0 bridgehead atoms. The number of quaternary nitrogens is 1. The Morgan fingerprint density at radius 3 is 2.86 bits per heavy atom. The summed E-state index contributed by atoms with van der Waals surface area (Å²) in [5.74, 6) is 0.961. The van der Waals surface area contributed by atoms with E-state index >= 15 is 0 Å². The Kier molecular flexibility index (Phi) is 6.91. The molecule has 3 aromatic rings. The zero-order valence-corrected chi connectivity index (χ0v) is 17.1. The van der Waals surface area contributed by atoms with Gasteiger partial charge in [-0.25, -0.2) is 0 Å². The van der Waals surface area contributed by atoms with Gasteiger partial charge in [0.05, 0.1) is 11.5 Å². The molecule has 0 aliphatic heterocycles. The molecule has 0 spiro atoms. The lowest BCUT2D eigenvalue weighted by Gasteiger charge is -2.17. The number of methoxy groups -OCH3 is 1. The van der Waals surface area contributed by atoms with Gasteiger partial charge in [-0.05, 0) is 42.5 Å². The summed E-state index contributed by atoms with van der Waals surface area (Å²) in [6, 6.07) is 9.77. The van der Waals surface area contributed by atoms with Gasteiger partial charge in [-0.3, -0.25) is 4.79 Å². The third-order valence-corrected chi connectivity index (χ3v) is 5.41. The van der Waals surface area contributed by atoms with Gasteiger partial charge in [-0.15, -0.1) is 21.5 Å². The number of thiophene rings is 1. The van der Waals surface area contributed by atoms with E-state index in [-0.39, 0.29) is 12.5 Å². The van der Waals surface area contributed by atoms with E-state index in [4.69, 9.17) is 9.15 Å². The average molecular weight is 402 g/mol. The first-order chi connectivity index (χ1) is 13.6. The van der Waals surface area contributed by atoms with E-state index in [0.717, 1.165) is 26.6 Å². The van der Waals surface area contributed by atoms with Crippen LogP contribution in [-0.2, 0) is 16.1 Å². The van der Waals surface area contributed by atoms with Gasteiger partial charge in [0.2, 0.25) is 0 Å². The number of aryl methyl sites for hydroxylation is 1. The predicted molar refractivity (Wildman–Crippen MR) is 108 cm³/mol. The molecule has 2 N–H and O–H groups in total. The standard InChI is InChI=1S/C20H24N4O3S/c1-14-6-4-7-16(15(14)2)21-18(25)12-24(9-10-26-3)13-19-22-23-20(27-19)17-8-5-11-28-17/h4-8,11H,9-10,12-13H2,1-3H3,(H,21,25)/p+1. The Morgan fingerprint density at radius 2 is 2.11 bits per heavy atom. The molecule has 0 saturated heterocycles. The number of ether oxygens (including phenoxy) is 1. The summed E-state index contributed by atoms with van der Waals surface area (Å²) in [6.45, 7) is 5.98. The first kappa shape index (κ1) is 20.2. The summed E-state index contributed by atoms with van der Waals surface area (Å²) in [5.41, 5.74) is 3.06. The first-order valence-corrected chi connectivity index (χ1v) is 9.99. The number of amides is 1. The van der Waals surface area contributed by atoms with E-state index < -0.39 is 0 Å². The minimum atomic E-state index is -0.0576. The molecule has 0 saturated carbocycles. The fourth-order valence-electron chi connectivity index (χ4n) is 2.83. The number of aromatic nitrogens is 2. The molecule has 7 nitrogen and oxygen atoms in total. The Morgan fingerprint density at radius 1 is 1.25 bits per heavy atom. The van der Waals surface area contributed by atoms with Gasteiger partial charge in [-0.2, -0.15) is 0 Å². The molecule has 148 valence electrons. The van der Waals surface area contributed by atoms with Gasteiger partial charge in [0.15, 0.2) is 13.1 Å². The molecule has 1 amide bonds. The summed E-state index contributed by atoms with van der Waals surface area (Å²) in [7, 11) is 1.65. The predicted octanol–water partition coefficient (Wildman–Crippen LogP) is 2.08. The molecule has 1 atom stereocenters. The number of nitrogens with one attached hydrogen (secondary N) is 2. The fraction of sp³-hybridized carbons (Fsp3) is 0.350. The molecule has 8 heteroatoms. The molecular weight excluding hydrogens is 376 g/mol. The molecule has 0 radical (unpaired) electrons. The minimum Gasteiger partial charge on any atom is -0.414 e. The van der Waals surface area contributed by atoms with Crippen LogP contribution < -0.4 is 10.2 Å². The quantitative estimate of drug-likeness (QED) is 0.574. The second-order valence-corrected chi connectivity index (χ2v) is 7.57. The van der Waals surface area contributed by atoms with Crippen molar-refractivity contribution in [2.75, 3.05) is 32.1 Å². The highest BCUT2D eigenvalue weighted by atomic mass is 32.1. The summed E-state index contributed by atoms with van der Waals surface area (Å²) < 4.78 is 11.0. The Balaban J connectivity index is 1.64. The number of carbonyl (C=O) groups excluding carboxylic acids is 1. The zero-order valence-electron chi connectivity index (χ0n) is 16.3. The van der Waals surface area contributed by atoms with Crippen molar-refractivity contribution in [2.24, 2.45) is 0 Å². The van der Waals surface area contributed by atoms with Crippen LogP contribution in [0.3, 0.4) is 0 Å². The Hall–Kier alpha value is -2.55. The maximum Gasteiger partial charge on any atom is 0.279 e. The van der Waals surface area contributed by atoms with Crippen LogP contribution in [0.1, 0.15) is 17.0 Å². The Bertz CT molecular complexity index is 908. The summed E-state index contributed by atoms with van der Waals surface area (Å²) >= 11 is 1.55. The van der Waals surface area contributed by atoms with Gasteiger partial charge < -0.3 is 19.4 Å². The lowest BCUT2D eigenvalue weighted by atomic mass is 10.1. The number of hydrogen-bond donors (Lipinski definition) is 2. The van der Waals surface area contributed by atoms with Crippen LogP contribution >= 0.6 is 11.3 Å². The van der Waals surface area contributed by atoms with E-state index in [1.165, 1.54) is 0 Å². The van der Waals surface area contributed by atoms with Crippen LogP contribution in [0.2, 0.25) is 0 Å². The van der Waals surface area contributed by atoms with Crippen molar-refractivity contribution in [3.05, 3.63) is 52.7 Å². The number of benzene rings is 1. The minimum absolute atomic E-state index is 0.0576. The molecule has 28 heavy (non-hydrogen) atoms. The number of rotatable bonds is 9. The molecule has 0 fully saturated rings. The van der Waals surface area contributed by atoms with Crippen LogP contribution in [0.5, 0.6) is 0 Å². The van der Waals surface area contributed by atoms with E-state index in [1.54, 1.807) is 18.4 Å². The molecule has 0 aliphatic rings. The smallest absolute Gasteiger partial charge is 0.279 e. The van der Waals surface area contributed by atoms with Crippen LogP contribution in [0.4, 0.5) is 5.69 Å².